The number of rotatable bonds is 3. The van der Waals surface area contributed by atoms with Crippen LogP contribution in [0.4, 0.5) is 0 Å². The lowest BCUT2D eigenvalue weighted by atomic mass is 9.77. The zero-order valence-electron chi connectivity index (χ0n) is 12.9. The van der Waals surface area contributed by atoms with Crippen molar-refractivity contribution in [3.63, 3.8) is 0 Å². The van der Waals surface area contributed by atoms with E-state index in [1.807, 2.05) is 6.08 Å². The largest absolute Gasteiger partial charge is 0.277 e. The Bertz CT molecular complexity index is 708. The highest BCUT2D eigenvalue weighted by Crippen LogP contribution is 2.36. The van der Waals surface area contributed by atoms with Crippen LogP contribution in [0.3, 0.4) is 0 Å². The predicted molar refractivity (Wildman–Crippen MR) is 90.2 cm³/mol. The molecule has 0 radical (unpaired) electrons. The van der Waals surface area contributed by atoms with Crippen molar-refractivity contribution < 1.29 is 0 Å². The molecule has 21 heavy (non-hydrogen) atoms. The summed E-state index contributed by atoms with van der Waals surface area (Å²) in [4.78, 5) is 4.67. The molecule has 3 rings (SSSR count). The second kappa shape index (κ2) is 5.00. The number of allylic oxidation sites excluding steroid dienone is 1. The lowest BCUT2D eigenvalue weighted by Crippen LogP contribution is -2.19. The van der Waals surface area contributed by atoms with E-state index in [0.717, 1.165) is 5.71 Å². The Morgan fingerprint density at radius 3 is 2.43 bits per heavy atom. The predicted octanol–water partition coefficient (Wildman–Crippen LogP) is 5.06. The second-order valence-corrected chi connectivity index (χ2v) is 6.19. The van der Waals surface area contributed by atoms with E-state index in [9.17, 15) is 0 Å². The van der Waals surface area contributed by atoms with Crippen molar-refractivity contribution in [2.45, 2.75) is 32.2 Å². The monoisotopic (exact) mass is 275 g/mol. The Kier molecular flexibility index (Phi) is 3.29. The lowest BCUT2D eigenvalue weighted by Gasteiger charge is -2.27. The van der Waals surface area contributed by atoms with E-state index in [-0.39, 0.29) is 11.5 Å². The maximum atomic E-state index is 4.67. The van der Waals surface area contributed by atoms with Gasteiger partial charge in [-0.25, -0.2) is 0 Å². The van der Waals surface area contributed by atoms with E-state index in [1.165, 1.54) is 22.3 Å². The van der Waals surface area contributed by atoms with E-state index in [2.05, 4.69) is 80.9 Å². The molecule has 0 saturated carbocycles. The molecule has 0 spiro atoms. The summed E-state index contributed by atoms with van der Waals surface area (Å²) in [5, 5.41) is 0. The van der Waals surface area contributed by atoms with Gasteiger partial charge in [-0.3, -0.25) is 4.99 Å². The molecule has 2 aromatic carbocycles. The molecule has 2 aromatic rings. The SMILES string of the molecule is C=CC1=NC(C)c2ccc(C(C)(C)c3ccccc3)cc21. The van der Waals surface area contributed by atoms with Gasteiger partial charge in [-0.15, -0.1) is 0 Å². The highest BCUT2D eigenvalue weighted by atomic mass is 14.8. The maximum absolute atomic E-state index is 4.67. The molecule has 0 N–H and O–H groups in total. The van der Waals surface area contributed by atoms with Crippen molar-refractivity contribution >= 4 is 5.71 Å². The Balaban J connectivity index is 2.10. The molecule has 1 atom stereocenters. The van der Waals surface area contributed by atoms with Gasteiger partial charge in [-0.2, -0.15) is 0 Å². The molecular weight excluding hydrogens is 254 g/mol. The van der Waals surface area contributed by atoms with Crippen LogP contribution >= 0.6 is 0 Å². The molecule has 0 bridgehead atoms. The van der Waals surface area contributed by atoms with Gasteiger partial charge in [0.05, 0.1) is 11.8 Å². The molecule has 1 heterocycles. The Morgan fingerprint density at radius 1 is 1.05 bits per heavy atom. The van der Waals surface area contributed by atoms with Crippen molar-refractivity contribution in [1.29, 1.82) is 0 Å². The molecule has 0 aliphatic carbocycles. The number of benzene rings is 2. The fraction of sp³-hybridized carbons (Fsp3) is 0.250. The maximum Gasteiger partial charge on any atom is 0.0734 e. The molecule has 0 fully saturated rings. The van der Waals surface area contributed by atoms with Gasteiger partial charge in [0.25, 0.3) is 0 Å². The van der Waals surface area contributed by atoms with Crippen LogP contribution in [0, 0.1) is 0 Å². The van der Waals surface area contributed by atoms with Crippen molar-refractivity contribution in [3.05, 3.63) is 83.4 Å². The van der Waals surface area contributed by atoms with E-state index < -0.39 is 0 Å². The zero-order valence-corrected chi connectivity index (χ0v) is 12.9. The fourth-order valence-electron chi connectivity index (χ4n) is 3.06. The Labute approximate surface area is 127 Å². The van der Waals surface area contributed by atoms with Gasteiger partial charge < -0.3 is 0 Å². The van der Waals surface area contributed by atoms with Gasteiger partial charge in [0.2, 0.25) is 0 Å². The third-order valence-electron chi connectivity index (χ3n) is 4.52. The molecule has 1 unspecified atom stereocenters. The molecular formula is C20H21N. The van der Waals surface area contributed by atoms with Crippen LogP contribution in [0.5, 0.6) is 0 Å². The summed E-state index contributed by atoms with van der Waals surface area (Å²) in [6.45, 7) is 10.6. The van der Waals surface area contributed by atoms with Crippen LogP contribution in [0.15, 0.2) is 66.2 Å². The van der Waals surface area contributed by atoms with Gasteiger partial charge in [0.15, 0.2) is 0 Å². The van der Waals surface area contributed by atoms with Crippen molar-refractivity contribution in [3.8, 4) is 0 Å². The molecule has 0 saturated heterocycles. The van der Waals surface area contributed by atoms with Gasteiger partial charge >= 0.3 is 0 Å². The third-order valence-corrected chi connectivity index (χ3v) is 4.52. The van der Waals surface area contributed by atoms with Gasteiger partial charge in [-0.05, 0) is 35.8 Å². The minimum atomic E-state index is -0.0194. The van der Waals surface area contributed by atoms with E-state index in [4.69, 9.17) is 0 Å². The van der Waals surface area contributed by atoms with E-state index in [0.29, 0.717) is 0 Å². The first-order chi connectivity index (χ1) is 10.0. The van der Waals surface area contributed by atoms with Crippen molar-refractivity contribution in [2.75, 3.05) is 0 Å². The molecule has 106 valence electrons. The quantitative estimate of drug-likeness (QED) is 0.742. The minimum Gasteiger partial charge on any atom is -0.277 e. The van der Waals surface area contributed by atoms with Crippen LogP contribution in [0.2, 0.25) is 0 Å². The summed E-state index contributed by atoms with van der Waals surface area (Å²) < 4.78 is 0. The third kappa shape index (κ3) is 2.23. The molecule has 1 heteroatoms. The summed E-state index contributed by atoms with van der Waals surface area (Å²) in [5.74, 6) is 0. The molecule has 1 nitrogen and oxygen atoms in total. The summed E-state index contributed by atoms with van der Waals surface area (Å²) in [6.07, 6.45) is 1.86. The minimum absolute atomic E-state index is 0.0194. The zero-order chi connectivity index (χ0) is 15.0. The number of fused-ring (bicyclic) bond motifs is 1. The Hall–Kier alpha value is -2.15. The van der Waals surface area contributed by atoms with Gasteiger partial charge in [-0.1, -0.05) is 62.9 Å². The van der Waals surface area contributed by atoms with Crippen LogP contribution in [-0.4, -0.2) is 5.71 Å². The molecule has 0 amide bonds. The summed E-state index contributed by atoms with van der Waals surface area (Å²) >= 11 is 0. The number of hydrogen-bond acceptors (Lipinski definition) is 1. The van der Waals surface area contributed by atoms with Crippen molar-refractivity contribution in [1.82, 2.24) is 0 Å². The average Bonchev–Trinajstić information content (AvgIpc) is 2.84. The highest BCUT2D eigenvalue weighted by Gasteiger charge is 2.26. The first kappa shape index (κ1) is 13.8. The van der Waals surface area contributed by atoms with Crippen LogP contribution < -0.4 is 0 Å². The van der Waals surface area contributed by atoms with Crippen LogP contribution in [0.25, 0.3) is 0 Å². The van der Waals surface area contributed by atoms with Gasteiger partial charge in [0, 0.05) is 11.0 Å². The number of hydrogen-bond donors (Lipinski definition) is 0. The fourth-order valence-corrected chi connectivity index (χ4v) is 3.06. The second-order valence-electron chi connectivity index (χ2n) is 6.19. The van der Waals surface area contributed by atoms with Crippen molar-refractivity contribution in [2.24, 2.45) is 4.99 Å². The van der Waals surface area contributed by atoms with Crippen LogP contribution in [0.1, 0.15) is 49.1 Å². The summed E-state index contributed by atoms with van der Waals surface area (Å²) in [7, 11) is 0. The summed E-state index contributed by atoms with van der Waals surface area (Å²) in [5.41, 5.74) is 6.18. The Morgan fingerprint density at radius 2 is 1.76 bits per heavy atom. The summed E-state index contributed by atoms with van der Waals surface area (Å²) in [6, 6.07) is 17.6. The number of nitrogens with zero attached hydrogens (tertiary/aromatic N) is 1. The van der Waals surface area contributed by atoms with E-state index >= 15 is 0 Å². The van der Waals surface area contributed by atoms with Gasteiger partial charge in [0.1, 0.15) is 0 Å². The molecule has 1 aliphatic rings. The highest BCUT2D eigenvalue weighted by molar-refractivity contribution is 6.11. The topological polar surface area (TPSA) is 12.4 Å². The molecule has 0 aromatic heterocycles. The smallest absolute Gasteiger partial charge is 0.0734 e. The lowest BCUT2D eigenvalue weighted by molar-refractivity contribution is 0.640. The standard InChI is InChI=1S/C20H21N/c1-5-19-18-13-16(11-12-17(18)14(2)21-19)20(3,4)15-9-7-6-8-10-15/h5-14H,1H2,2-4H3. The van der Waals surface area contributed by atoms with E-state index in [1.54, 1.807) is 0 Å². The first-order valence-corrected chi connectivity index (χ1v) is 7.44. The normalized spacial score (nSPS) is 17.3. The average molecular weight is 275 g/mol. The van der Waals surface area contributed by atoms with Crippen LogP contribution in [-0.2, 0) is 5.41 Å². The molecule has 1 aliphatic heterocycles. The first-order valence-electron chi connectivity index (χ1n) is 7.44. The number of aliphatic imine (C=N–C) groups is 1.